The van der Waals surface area contributed by atoms with Crippen LogP contribution in [0.25, 0.3) is 0 Å². The molecule has 0 aromatic carbocycles. The third-order valence-electron chi connectivity index (χ3n) is 14.7. The molecule has 3 unspecified atom stereocenters. The number of hydrogen-bond donors (Lipinski definition) is 3. The summed E-state index contributed by atoms with van der Waals surface area (Å²) in [6.07, 6.45) is 105. The molecule has 0 aliphatic carbocycles. The van der Waals surface area contributed by atoms with Crippen molar-refractivity contribution in [1.82, 2.24) is 5.32 Å². The molecule has 0 aliphatic rings. The van der Waals surface area contributed by atoms with Crippen molar-refractivity contribution in [2.24, 2.45) is 0 Å². The number of aliphatic hydroxyl groups is 1. The Morgan fingerprint density at radius 2 is 0.701 bits per heavy atom. The zero-order chi connectivity index (χ0) is 63.4. The van der Waals surface area contributed by atoms with Gasteiger partial charge in [0.15, 0.2) is 0 Å². The van der Waals surface area contributed by atoms with E-state index in [1.54, 1.807) is 6.08 Å². The Balaban J connectivity index is 4.28. The second kappa shape index (κ2) is 66.3. The maximum atomic E-state index is 13.0. The van der Waals surface area contributed by atoms with Gasteiger partial charge in [0.25, 0.3) is 0 Å². The van der Waals surface area contributed by atoms with Gasteiger partial charge in [0.05, 0.1) is 39.9 Å². The summed E-state index contributed by atoms with van der Waals surface area (Å²) in [5, 5.41) is 13.9. The number of aliphatic hydroxyl groups excluding tert-OH is 1. The topological polar surface area (TPSA) is 105 Å². The average molecular weight is 1220 g/mol. The number of likely N-dealkylation sites (N-methyl/N-ethyl adjacent to an activating group) is 1. The number of unbranched alkanes of at least 4 members (excludes halogenated alkanes) is 23. The highest BCUT2D eigenvalue weighted by atomic mass is 31.2. The molecule has 1 amide bonds. The molecule has 0 rings (SSSR count). The predicted octanol–water partition coefficient (Wildman–Crippen LogP) is 22.7. The Morgan fingerprint density at radius 1 is 0.402 bits per heavy atom. The Bertz CT molecular complexity index is 2020. The Kier molecular flexibility index (Phi) is 63.1. The molecule has 0 fully saturated rings. The minimum atomic E-state index is -4.39. The minimum absolute atomic E-state index is 0.0384. The van der Waals surface area contributed by atoms with Crippen LogP contribution in [0, 0.1) is 0 Å². The van der Waals surface area contributed by atoms with Crippen LogP contribution in [0.4, 0.5) is 0 Å². The minimum Gasteiger partial charge on any atom is -0.387 e. The monoisotopic (exact) mass is 1220 g/mol. The lowest BCUT2D eigenvalue weighted by Crippen LogP contribution is -2.45. The first kappa shape index (κ1) is 82.9. The second-order valence-electron chi connectivity index (χ2n) is 24.2. The summed E-state index contributed by atoms with van der Waals surface area (Å²) in [6.45, 7) is 4.65. The van der Waals surface area contributed by atoms with Gasteiger partial charge in [-0.25, -0.2) is 4.57 Å². The van der Waals surface area contributed by atoms with Crippen molar-refractivity contribution in [3.63, 3.8) is 0 Å². The molecule has 0 saturated heterocycles. The van der Waals surface area contributed by atoms with Crippen molar-refractivity contribution >= 4 is 13.7 Å². The molecule has 3 N–H and O–H groups in total. The van der Waals surface area contributed by atoms with E-state index in [1.165, 1.54) is 128 Å². The largest absolute Gasteiger partial charge is 0.472 e. The van der Waals surface area contributed by atoms with E-state index in [-0.39, 0.29) is 25.5 Å². The van der Waals surface area contributed by atoms with Gasteiger partial charge in [-0.2, -0.15) is 0 Å². The van der Waals surface area contributed by atoms with Crippen LogP contribution in [0.3, 0.4) is 0 Å². The lowest BCUT2D eigenvalue weighted by atomic mass is 10.0. The van der Waals surface area contributed by atoms with E-state index in [9.17, 15) is 19.4 Å². The fourth-order valence-electron chi connectivity index (χ4n) is 9.28. The van der Waals surface area contributed by atoms with Crippen LogP contribution in [0.1, 0.15) is 264 Å². The molecule has 494 valence electrons. The fraction of sp³-hybridized carbons (Fsp3) is 0.628. The SMILES string of the molecule is CC/C=C\C/C=C\C/C=C\C/C=C\C/C=C\C/C=C\C/C=C\C/C=C\C/C=C\C/C=C\C/C=C\C/C=C\CCCCC(=O)NC(COP(=O)(O)OCC[N+](C)(C)C)C(O)/C=C/CC/C=C/CCCCCCCCCCCCCCCCCCCCCC. The summed E-state index contributed by atoms with van der Waals surface area (Å²) in [7, 11) is 1.50. The number of phosphoric acid groups is 1. The van der Waals surface area contributed by atoms with Gasteiger partial charge in [0.1, 0.15) is 13.2 Å². The molecule has 0 heterocycles. The molecule has 0 saturated carbocycles. The zero-order valence-electron chi connectivity index (χ0n) is 56.4. The highest BCUT2D eigenvalue weighted by Gasteiger charge is 2.27. The van der Waals surface area contributed by atoms with E-state index in [1.807, 2.05) is 27.2 Å². The third-order valence-corrected chi connectivity index (χ3v) is 15.7. The average Bonchev–Trinajstić information content (AvgIpc) is 3.69. The van der Waals surface area contributed by atoms with Crippen molar-refractivity contribution in [3.05, 3.63) is 170 Å². The summed E-state index contributed by atoms with van der Waals surface area (Å²) < 4.78 is 23.7. The van der Waals surface area contributed by atoms with Crippen molar-refractivity contribution < 1.29 is 32.9 Å². The molecule has 0 radical (unpaired) electrons. The molecule has 0 bridgehead atoms. The van der Waals surface area contributed by atoms with E-state index < -0.39 is 20.0 Å². The molecular formula is C78H132N2O6P+. The molecule has 0 aromatic rings. The summed E-state index contributed by atoms with van der Waals surface area (Å²) >= 11 is 0. The van der Waals surface area contributed by atoms with Gasteiger partial charge in [0.2, 0.25) is 5.91 Å². The number of nitrogens with zero attached hydrogens (tertiary/aromatic N) is 1. The predicted molar refractivity (Wildman–Crippen MR) is 382 cm³/mol. The molecule has 9 heteroatoms. The lowest BCUT2D eigenvalue weighted by Gasteiger charge is -2.25. The smallest absolute Gasteiger partial charge is 0.387 e. The third kappa shape index (κ3) is 69.2. The van der Waals surface area contributed by atoms with E-state index in [0.29, 0.717) is 17.4 Å². The number of quaternary nitrogens is 1. The highest BCUT2D eigenvalue weighted by Crippen LogP contribution is 2.43. The number of nitrogens with one attached hydrogen (secondary N) is 1. The first-order valence-electron chi connectivity index (χ1n) is 35.0. The molecule has 0 aromatic heterocycles. The number of allylic oxidation sites excluding steroid dienone is 27. The first-order valence-corrected chi connectivity index (χ1v) is 36.5. The van der Waals surface area contributed by atoms with Crippen molar-refractivity contribution in [3.8, 4) is 0 Å². The van der Waals surface area contributed by atoms with Gasteiger partial charge in [-0.3, -0.25) is 13.8 Å². The molecule has 0 aliphatic heterocycles. The lowest BCUT2D eigenvalue weighted by molar-refractivity contribution is -0.870. The van der Waals surface area contributed by atoms with E-state index in [2.05, 4.69) is 177 Å². The van der Waals surface area contributed by atoms with Gasteiger partial charge in [-0.1, -0.05) is 306 Å². The number of rotatable bonds is 62. The molecule has 8 nitrogen and oxygen atoms in total. The maximum absolute atomic E-state index is 13.0. The number of carbonyl (C=O) groups is 1. The summed E-state index contributed by atoms with van der Waals surface area (Å²) in [4.78, 5) is 23.4. The number of hydrogen-bond acceptors (Lipinski definition) is 5. The zero-order valence-corrected chi connectivity index (χ0v) is 57.3. The number of amides is 1. The van der Waals surface area contributed by atoms with Gasteiger partial charge in [-0.05, 0) is 122 Å². The van der Waals surface area contributed by atoms with Crippen molar-refractivity contribution in [1.29, 1.82) is 0 Å². The van der Waals surface area contributed by atoms with Crippen LogP contribution >= 0.6 is 7.82 Å². The van der Waals surface area contributed by atoms with Crippen LogP contribution in [0.15, 0.2) is 170 Å². The molecule has 0 spiro atoms. The van der Waals surface area contributed by atoms with E-state index in [4.69, 9.17) is 9.05 Å². The maximum Gasteiger partial charge on any atom is 0.472 e. The second-order valence-corrected chi connectivity index (χ2v) is 25.6. The Hall–Kier alpha value is -4.14. The number of phosphoric ester groups is 1. The first-order chi connectivity index (χ1) is 42.5. The van der Waals surface area contributed by atoms with Crippen LogP contribution < -0.4 is 5.32 Å². The van der Waals surface area contributed by atoms with E-state index >= 15 is 0 Å². The highest BCUT2D eigenvalue weighted by molar-refractivity contribution is 7.47. The summed E-state index contributed by atoms with van der Waals surface area (Å²) in [5.74, 6) is -0.234. The summed E-state index contributed by atoms with van der Waals surface area (Å²) in [5.41, 5.74) is 0. The molecular weight excluding hydrogens is 1090 g/mol. The van der Waals surface area contributed by atoms with Crippen LogP contribution in [-0.2, 0) is 18.4 Å². The Labute approximate surface area is 536 Å². The normalized spacial score (nSPS) is 14.7. The van der Waals surface area contributed by atoms with Crippen LogP contribution in [0.5, 0.6) is 0 Å². The van der Waals surface area contributed by atoms with Crippen LogP contribution in [-0.4, -0.2) is 73.4 Å². The quantitative estimate of drug-likeness (QED) is 0.0243. The Morgan fingerprint density at radius 3 is 1.06 bits per heavy atom. The van der Waals surface area contributed by atoms with Crippen molar-refractivity contribution in [2.75, 3.05) is 40.9 Å². The van der Waals surface area contributed by atoms with Gasteiger partial charge in [0, 0.05) is 6.42 Å². The van der Waals surface area contributed by atoms with Crippen molar-refractivity contribution in [2.45, 2.75) is 276 Å². The van der Waals surface area contributed by atoms with Gasteiger partial charge in [-0.15, -0.1) is 0 Å². The van der Waals surface area contributed by atoms with Gasteiger partial charge >= 0.3 is 7.82 Å². The molecule has 87 heavy (non-hydrogen) atoms. The standard InChI is InChI=1S/C78H131N2O6P/c1-6-8-10-12-14-16-18-20-22-24-26-28-30-32-34-35-36-37-38-39-40-41-42-43-44-45-46-48-50-52-54-56-58-60-62-64-66-68-70-72-78(82)79-76(75-86-87(83,84)85-74-73-80(3,4)5)77(81)71-69-67-65-63-61-59-57-55-53-51-49-47-33-31-29-27-25-23-21-19-17-15-13-11-9-7-2/h8,10,14,16,20,22,26,28,32,34,36-37,39-40,42-43,45-46,50,52,56,58,61-64,69,71,76-77,81H,6-7,9,11-13,15,17-19,21,23-25,27,29-31,33,35,38,41,44,47-49,51,53-55,57,59-60,65-68,70,72-75H2,1-5H3,(H-,79,82,83,84)/p+1/b10-8-,16-14-,22-20-,28-26-,34-32-,37-36-,40-39-,43-42-,46-45-,52-50-,58-56-,63-61+,64-62-,71-69+. The number of carbonyl (C=O) groups excluding carboxylic acids is 1. The van der Waals surface area contributed by atoms with Crippen LogP contribution in [0.2, 0.25) is 0 Å². The van der Waals surface area contributed by atoms with E-state index in [0.717, 1.165) is 109 Å². The molecule has 3 atom stereocenters. The van der Waals surface area contributed by atoms with Gasteiger partial charge < -0.3 is 19.8 Å². The fourth-order valence-corrected chi connectivity index (χ4v) is 10.0. The summed E-state index contributed by atoms with van der Waals surface area (Å²) in [6, 6.07) is -0.902.